The van der Waals surface area contributed by atoms with Gasteiger partial charge in [-0.15, -0.1) is 0 Å². The second kappa shape index (κ2) is 3.79. The maximum absolute atomic E-state index is 11.9. The fraction of sp³-hybridized carbons (Fsp3) is 0.300. The number of benzene rings is 1. The number of fused-ring (bicyclic) bond motifs is 1. The highest BCUT2D eigenvalue weighted by Crippen LogP contribution is 2.20. The number of hydrogen-bond donors (Lipinski definition) is 2. The maximum Gasteiger partial charge on any atom is 0.323 e. The van der Waals surface area contributed by atoms with Crippen molar-refractivity contribution in [2.75, 3.05) is 5.75 Å². The lowest BCUT2D eigenvalue weighted by Crippen LogP contribution is -2.07. The molecule has 6 heteroatoms. The summed E-state index contributed by atoms with van der Waals surface area (Å²) in [7, 11) is -3.31. The van der Waals surface area contributed by atoms with E-state index in [0.29, 0.717) is 17.5 Å². The van der Waals surface area contributed by atoms with Gasteiger partial charge in [-0.25, -0.2) is 13.2 Å². The molecule has 5 nitrogen and oxygen atoms in total. The first-order valence-electron chi connectivity index (χ1n) is 4.98. The molecule has 0 atom stereocenters. The molecular weight excluding hydrogens is 228 g/mol. The summed E-state index contributed by atoms with van der Waals surface area (Å²) >= 11 is 0. The molecule has 0 saturated heterocycles. The number of hydrogen-bond acceptors (Lipinski definition) is 3. The molecule has 86 valence electrons. The van der Waals surface area contributed by atoms with Crippen molar-refractivity contribution in [1.29, 1.82) is 0 Å². The number of aromatic nitrogens is 2. The van der Waals surface area contributed by atoms with Crippen molar-refractivity contribution >= 4 is 20.9 Å². The predicted octanol–water partition coefficient (Wildman–Crippen LogP) is 1.04. The van der Waals surface area contributed by atoms with Crippen LogP contribution in [0.3, 0.4) is 0 Å². The van der Waals surface area contributed by atoms with Crippen LogP contribution in [0.5, 0.6) is 0 Å². The molecular formula is C10H12N2O3S. The zero-order chi connectivity index (χ0) is 11.8. The van der Waals surface area contributed by atoms with Crippen molar-refractivity contribution < 1.29 is 8.42 Å². The first-order chi connectivity index (χ1) is 7.54. The molecule has 0 aliphatic heterocycles. The van der Waals surface area contributed by atoms with E-state index in [1.165, 1.54) is 6.07 Å². The molecule has 1 aromatic heterocycles. The number of para-hydroxylation sites is 1. The second-order valence-electron chi connectivity index (χ2n) is 3.58. The zero-order valence-corrected chi connectivity index (χ0v) is 9.60. The van der Waals surface area contributed by atoms with Crippen LogP contribution in [0.1, 0.15) is 13.3 Å². The standard InChI is InChI=1S/C10H12N2O3S/c1-2-6-16(14,15)8-5-3-4-7-9(8)12-10(13)11-7/h3-5H,2,6H2,1H3,(H2,11,12,13). The van der Waals surface area contributed by atoms with E-state index in [4.69, 9.17) is 0 Å². The topological polar surface area (TPSA) is 82.8 Å². The summed E-state index contributed by atoms with van der Waals surface area (Å²) < 4.78 is 23.8. The van der Waals surface area contributed by atoms with E-state index in [0.717, 1.165) is 0 Å². The molecule has 16 heavy (non-hydrogen) atoms. The van der Waals surface area contributed by atoms with E-state index in [1.54, 1.807) is 19.1 Å². The molecule has 0 radical (unpaired) electrons. The molecule has 0 bridgehead atoms. The van der Waals surface area contributed by atoms with Gasteiger partial charge in [0.15, 0.2) is 9.84 Å². The number of imidazole rings is 1. The molecule has 1 aromatic carbocycles. The molecule has 2 N–H and O–H groups in total. The summed E-state index contributed by atoms with van der Waals surface area (Å²) in [4.78, 5) is 16.3. The normalized spacial score (nSPS) is 12.1. The highest BCUT2D eigenvalue weighted by molar-refractivity contribution is 7.91. The van der Waals surface area contributed by atoms with Crippen LogP contribution in [0.2, 0.25) is 0 Å². The Morgan fingerprint density at radius 2 is 2.00 bits per heavy atom. The van der Waals surface area contributed by atoms with E-state index in [1.807, 2.05) is 0 Å². The molecule has 0 saturated carbocycles. The van der Waals surface area contributed by atoms with Crippen LogP contribution in [-0.2, 0) is 9.84 Å². The number of rotatable bonds is 3. The van der Waals surface area contributed by atoms with Gasteiger partial charge in [0, 0.05) is 0 Å². The van der Waals surface area contributed by atoms with Crippen molar-refractivity contribution in [1.82, 2.24) is 9.97 Å². The Kier molecular flexibility index (Phi) is 2.59. The first kappa shape index (κ1) is 10.9. The molecule has 1 heterocycles. The highest BCUT2D eigenvalue weighted by atomic mass is 32.2. The third-order valence-electron chi connectivity index (χ3n) is 2.32. The van der Waals surface area contributed by atoms with Gasteiger partial charge in [0.05, 0.1) is 21.7 Å². The van der Waals surface area contributed by atoms with Crippen LogP contribution in [-0.4, -0.2) is 24.1 Å². The maximum atomic E-state index is 11.9. The second-order valence-corrected chi connectivity index (χ2v) is 5.65. The minimum Gasteiger partial charge on any atom is -0.306 e. The minimum atomic E-state index is -3.31. The van der Waals surface area contributed by atoms with Gasteiger partial charge in [-0.05, 0) is 18.6 Å². The number of aromatic amines is 2. The van der Waals surface area contributed by atoms with Crippen LogP contribution in [0.25, 0.3) is 11.0 Å². The summed E-state index contributed by atoms with van der Waals surface area (Å²) in [6.45, 7) is 1.80. The van der Waals surface area contributed by atoms with Gasteiger partial charge < -0.3 is 9.97 Å². The Bertz CT molecular complexity index is 667. The molecule has 0 amide bonds. The van der Waals surface area contributed by atoms with Gasteiger partial charge in [0.25, 0.3) is 0 Å². The van der Waals surface area contributed by atoms with Gasteiger partial charge in [-0.2, -0.15) is 0 Å². The third kappa shape index (κ3) is 1.76. The highest BCUT2D eigenvalue weighted by Gasteiger charge is 2.17. The van der Waals surface area contributed by atoms with Crippen LogP contribution >= 0.6 is 0 Å². The van der Waals surface area contributed by atoms with Crippen molar-refractivity contribution in [3.8, 4) is 0 Å². The molecule has 2 rings (SSSR count). The van der Waals surface area contributed by atoms with E-state index < -0.39 is 15.5 Å². The average Bonchev–Trinajstić information content (AvgIpc) is 2.56. The van der Waals surface area contributed by atoms with E-state index >= 15 is 0 Å². The van der Waals surface area contributed by atoms with Gasteiger partial charge in [-0.3, -0.25) is 0 Å². The van der Waals surface area contributed by atoms with Crippen molar-refractivity contribution in [3.63, 3.8) is 0 Å². The first-order valence-corrected chi connectivity index (χ1v) is 6.63. The van der Waals surface area contributed by atoms with Crippen molar-refractivity contribution in [2.24, 2.45) is 0 Å². The molecule has 0 spiro atoms. The number of H-pyrrole nitrogens is 2. The number of sulfone groups is 1. The molecule has 0 fully saturated rings. The van der Waals surface area contributed by atoms with Crippen LogP contribution in [0, 0.1) is 0 Å². The number of nitrogens with one attached hydrogen (secondary N) is 2. The molecule has 0 aliphatic rings. The molecule has 2 aromatic rings. The summed E-state index contributed by atoms with van der Waals surface area (Å²) in [6.07, 6.45) is 0.549. The Labute approximate surface area is 92.4 Å². The predicted molar refractivity (Wildman–Crippen MR) is 61.3 cm³/mol. The third-order valence-corrected chi connectivity index (χ3v) is 4.28. The van der Waals surface area contributed by atoms with Crippen LogP contribution < -0.4 is 5.69 Å². The Morgan fingerprint density at radius 1 is 1.25 bits per heavy atom. The smallest absolute Gasteiger partial charge is 0.306 e. The zero-order valence-electron chi connectivity index (χ0n) is 8.78. The quantitative estimate of drug-likeness (QED) is 0.840. The fourth-order valence-electron chi connectivity index (χ4n) is 1.67. The largest absolute Gasteiger partial charge is 0.323 e. The Balaban J connectivity index is 2.74. The summed E-state index contributed by atoms with van der Waals surface area (Å²) in [5.74, 6) is 0.0827. The average molecular weight is 240 g/mol. The van der Waals surface area contributed by atoms with Gasteiger partial charge >= 0.3 is 5.69 Å². The van der Waals surface area contributed by atoms with E-state index in [9.17, 15) is 13.2 Å². The van der Waals surface area contributed by atoms with Gasteiger partial charge in [0.2, 0.25) is 0 Å². The SMILES string of the molecule is CCCS(=O)(=O)c1cccc2[nH]c(=O)[nH]c12. The Hall–Kier alpha value is -1.56. The van der Waals surface area contributed by atoms with Crippen molar-refractivity contribution in [3.05, 3.63) is 28.7 Å². The van der Waals surface area contributed by atoms with Gasteiger partial charge in [0.1, 0.15) is 0 Å². The van der Waals surface area contributed by atoms with E-state index in [2.05, 4.69) is 9.97 Å². The van der Waals surface area contributed by atoms with Crippen molar-refractivity contribution in [2.45, 2.75) is 18.2 Å². The molecule has 0 aliphatic carbocycles. The fourth-order valence-corrected chi connectivity index (χ4v) is 3.18. The lowest BCUT2D eigenvalue weighted by molar-refractivity contribution is 0.595. The van der Waals surface area contributed by atoms with E-state index in [-0.39, 0.29) is 10.6 Å². The van der Waals surface area contributed by atoms with Crippen LogP contribution in [0.4, 0.5) is 0 Å². The summed E-state index contributed by atoms with van der Waals surface area (Å²) in [5.41, 5.74) is 0.484. The van der Waals surface area contributed by atoms with Gasteiger partial charge in [-0.1, -0.05) is 13.0 Å². The Morgan fingerprint density at radius 3 is 2.69 bits per heavy atom. The summed E-state index contributed by atoms with van der Waals surface area (Å²) in [6, 6.07) is 4.80. The summed E-state index contributed by atoms with van der Waals surface area (Å²) in [5, 5.41) is 0. The molecule has 0 unspecified atom stereocenters. The lowest BCUT2D eigenvalue weighted by atomic mass is 10.3. The lowest BCUT2D eigenvalue weighted by Gasteiger charge is -2.03. The monoisotopic (exact) mass is 240 g/mol. The van der Waals surface area contributed by atoms with Crippen LogP contribution in [0.15, 0.2) is 27.9 Å². The minimum absolute atomic E-state index is 0.0827.